The minimum atomic E-state index is -0.773. The molecule has 0 aliphatic carbocycles. The van der Waals surface area contributed by atoms with Crippen molar-refractivity contribution in [3.05, 3.63) is 29.8 Å². The fraction of sp³-hybridized carbons (Fsp3) is 0.429. The van der Waals surface area contributed by atoms with Crippen LogP contribution in [0.4, 0.5) is 5.69 Å². The summed E-state index contributed by atoms with van der Waals surface area (Å²) in [4.78, 5) is 11.1. The number of nitrogens with zero attached hydrogens (tertiary/aromatic N) is 1. The zero-order valence-corrected chi connectivity index (χ0v) is 10.7. The Hall–Kier alpha value is -2.02. The quantitative estimate of drug-likeness (QED) is 0.809. The Labute approximate surface area is 107 Å². The smallest absolute Gasteiger partial charge is 0.308 e. The number of rotatable bonds is 6. The molecule has 0 saturated heterocycles. The molecule has 0 aromatic heterocycles. The molecule has 1 aromatic rings. The fourth-order valence-corrected chi connectivity index (χ4v) is 1.74. The molecule has 1 rings (SSSR count). The second-order valence-corrected chi connectivity index (χ2v) is 4.73. The predicted octanol–water partition coefficient (Wildman–Crippen LogP) is 2.72. The Bertz CT molecular complexity index is 432. The van der Waals surface area contributed by atoms with E-state index in [1.165, 1.54) is 0 Å². The lowest BCUT2D eigenvalue weighted by atomic mass is 9.97. The molecule has 4 nitrogen and oxygen atoms in total. The average Bonchev–Trinajstić information content (AvgIpc) is 2.34. The van der Waals surface area contributed by atoms with E-state index in [1.807, 2.05) is 19.9 Å². The topological polar surface area (TPSA) is 73.1 Å². The molecule has 0 aliphatic heterocycles. The lowest BCUT2D eigenvalue weighted by Crippen LogP contribution is -2.24. The van der Waals surface area contributed by atoms with Crippen molar-refractivity contribution in [1.82, 2.24) is 0 Å². The summed E-state index contributed by atoms with van der Waals surface area (Å²) >= 11 is 0. The van der Waals surface area contributed by atoms with Gasteiger partial charge < -0.3 is 10.4 Å². The first-order valence-corrected chi connectivity index (χ1v) is 5.99. The molecule has 1 unspecified atom stereocenters. The van der Waals surface area contributed by atoms with Crippen molar-refractivity contribution in [2.24, 2.45) is 11.8 Å². The van der Waals surface area contributed by atoms with Crippen LogP contribution < -0.4 is 5.32 Å². The average molecular weight is 246 g/mol. The molecule has 1 aromatic carbocycles. The molecule has 0 bridgehead atoms. The van der Waals surface area contributed by atoms with Crippen LogP contribution in [0.1, 0.15) is 25.8 Å². The van der Waals surface area contributed by atoms with Crippen molar-refractivity contribution in [1.29, 1.82) is 5.26 Å². The van der Waals surface area contributed by atoms with Crippen molar-refractivity contribution in [2.75, 3.05) is 11.9 Å². The van der Waals surface area contributed by atoms with Gasteiger partial charge in [0.05, 0.1) is 17.6 Å². The van der Waals surface area contributed by atoms with Crippen LogP contribution in [-0.2, 0) is 4.79 Å². The van der Waals surface area contributed by atoms with Gasteiger partial charge in [0.2, 0.25) is 0 Å². The maximum absolute atomic E-state index is 11.1. The number of hydrogen-bond donors (Lipinski definition) is 2. The summed E-state index contributed by atoms with van der Waals surface area (Å²) in [6.45, 7) is 4.43. The van der Waals surface area contributed by atoms with Crippen LogP contribution in [0.25, 0.3) is 0 Å². The fourth-order valence-electron chi connectivity index (χ4n) is 1.74. The Morgan fingerprint density at radius 1 is 1.39 bits per heavy atom. The van der Waals surface area contributed by atoms with Gasteiger partial charge in [0, 0.05) is 12.2 Å². The number of nitriles is 1. The molecule has 1 atom stereocenters. The molecule has 0 saturated carbocycles. The number of nitrogens with one attached hydrogen (secondary N) is 1. The van der Waals surface area contributed by atoms with Crippen LogP contribution >= 0.6 is 0 Å². The van der Waals surface area contributed by atoms with Gasteiger partial charge in [-0.05, 0) is 36.6 Å². The van der Waals surface area contributed by atoms with E-state index in [9.17, 15) is 4.79 Å². The molecule has 0 amide bonds. The SMILES string of the molecule is CC(C)CC(CNc1ccc(C#N)cc1)C(=O)O. The number of carboxylic acids is 1. The summed E-state index contributed by atoms with van der Waals surface area (Å²) in [6.07, 6.45) is 0.651. The van der Waals surface area contributed by atoms with Crippen molar-refractivity contribution >= 4 is 11.7 Å². The Morgan fingerprint density at radius 3 is 2.44 bits per heavy atom. The maximum Gasteiger partial charge on any atom is 0.308 e. The van der Waals surface area contributed by atoms with Gasteiger partial charge in [-0.25, -0.2) is 0 Å². The standard InChI is InChI=1S/C14H18N2O2/c1-10(2)7-12(14(17)18)9-16-13-5-3-11(8-15)4-6-13/h3-6,10,12,16H,7,9H2,1-2H3,(H,17,18). The molecule has 0 fully saturated rings. The van der Waals surface area contributed by atoms with Crippen molar-refractivity contribution < 1.29 is 9.90 Å². The third kappa shape index (κ3) is 4.46. The molecule has 0 radical (unpaired) electrons. The van der Waals surface area contributed by atoms with Crippen molar-refractivity contribution in [3.63, 3.8) is 0 Å². The second-order valence-electron chi connectivity index (χ2n) is 4.73. The zero-order valence-electron chi connectivity index (χ0n) is 10.7. The molecular formula is C14H18N2O2. The molecule has 0 spiro atoms. The Kier molecular flexibility index (Phi) is 5.19. The van der Waals surface area contributed by atoms with Crippen LogP contribution in [-0.4, -0.2) is 17.6 Å². The third-order valence-electron chi connectivity index (χ3n) is 2.67. The molecule has 0 aliphatic rings. The molecule has 4 heteroatoms. The number of benzene rings is 1. The van der Waals surface area contributed by atoms with Crippen LogP contribution in [0.15, 0.2) is 24.3 Å². The molecule has 2 N–H and O–H groups in total. The van der Waals surface area contributed by atoms with Crippen molar-refractivity contribution in [2.45, 2.75) is 20.3 Å². The number of carbonyl (C=O) groups is 1. The zero-order chi connectivity index (χ0) is 13.5. The largest absolute Gasteiger partial charge is 0.481 e. The minimum absolute atomic E-state index is 0.355. The van der Waals surface area contributed by atoms with Gasteiger partial charge in [-0.1, -0.05) is 13.8 Å². The van der Waals surface area contributed by atoms with Crippen LogP contribution in [0, 0.1) is 23.2 Å². The van der Waals surface area contributed by atoms with Gasteiger partial charge in [-0.15, -0.1) is 0 Å². The van der Waals surface area contributed by atoms with E-state index < -0.39 is 5.97 Å². The number of hydrogen-bond acceptors (Lipinski definition) is 3. The van der Waals surface area contributed by atoms with Crippen molar-refractivity contribution in [3.8, 4) is 6.07 Å². The number of aliphatic carboxylic acids is 1. The number of carboxylic acid groups (broad SMARTS) is 1. The number of anilines is 1. The highest BCUT2D eigenvalue weighted by molar-refractivity contribution is 5.70. The minimum Gasteiger partial charge on any atom is -0.481 e. The lowest BCUT2D eigenvalue weighted by Gasteiger charge is -2.16. The summed E-state index contributed by atoms with van der Waals surface area (Å²) in [5.74, 6) is -0.806. The highest BCUT2D eigenvalue weighted by Crippen LogP contribution is 2.14. The molecule has 18 heavy (non-hydrogen) atoms. The van der Waals surface area contributed by atoms with Gasteiger partial charge in [-0.2, -0.15) is 5.26 Å². The van der Waals surface area contributed by atoms with Gasteiger partial charge >= 0.3 is 5.97 Å². The van der Waals surface area contributed by atoms with Gasteiger partial charge in [-0.3, -0.25) is 4.79 Å². The van der Waals surface area contributed by atoms with E-state index in [2.05, 4.69) is 5.32 Å². The first-order chi connectivity index (χ1) is 8.52. The van der Waals surface area contributed by atoms with E-state index in [4.69, 9.17) is 10.4 Å². The highest BCUT2D eigenvalue weighted by Gasteiger charge is 2.18. The molecular weight excluding hydrogens is 228 g/mol. The normalized spacial score (nSPS) is 11.9. The van der Waals surface area contributed by atoms with Gasteiger partial charge in [0.25, 0.3) is 0 Å². The highest BCUT2D eigenvalue weighted by atomic mass is 16.4. The lowest BCUT2D eigenvalue weighted by molar-refractivity contribution is -0.141. The van der Waals surface area contributed by atoms with Crippen LogP contribution in [0.5, 0.6) is 0 Å². The van der Waals surface area contributed by atoms with Gasteiger partial charge in [0.1, 0.15) is 0 Å². The molecule has 0 heterocycles. The van der Waals surface area contributed by atoms with Crippen LogP contribution in [0.2, 0.25) is 0 Å². The first-order valence-electron chi connectivity index (χ1n) is 5.99. The summed E-state index contributed by atoms with van der Waals surface area (Å²) in [6, 6.07) is 9.03. The summed E-state index contributed by atoms with van der Waals surface area (Å²) in [7, 11) is 0. The van der Waals surface area contributed by atoms with E-state index in [0.717, 1.165) is 5.69 Å². The summed E-state index contributed by atoms with van der Waals surface area (Å²) in [5, 5.41) is 20.9. The second kappa shape index (κ2) is 6.65. The van der Waals surface area contributed by atoms with E-state index in [0.29, 0.717) is 24.4 Å². The Balaban J connectivity index is 2.56. The summed E-state index contributed by atoms with van der Waals surface area (Å²) in [5.41, 5.74) is 1.43. The van der Waals surface area contributed by atoms with E-state index in [-0.39, 0.29) is 5.92 Å². The Morgan fingerprint density at radius 2 is 2.00 bits per heavy atom. The summed E-state index contributed by atoms with van der Waals surface area (Å²) < 4.78 is 0. The van der Waals surface area contributed by atoms with E-state index >= 15 is 0 Å². The molecule has 96 valence electrons. The predicted molar refractivity (Wildman–Crippen MR) is 70.2 cm³/mol. The third-order valence-corrected chi connectivity index (χ3v) is 2.67. The van der Waals surface area contributed by atoms with Crippen LogP contribution in [0.3, 0.4) is 0 Å². The monoisotopic (exact) mass is 246 g/mol. The van der Waals surface area contributed by atoms with Gasteiger partial charge in [0.15, 0.2) is 0 Å². The van der Waals surface area contributed by atoms with E-state index in [1.54, 1.807) is 24.3 Å². The maximum atomic E-state index is 11.1. The first kappa shape index (κ1) is 14.0.